The van der Waals surface area contributed by atoms with Crippen LogP contribution in [-0.2, 0) is 4.79 Å². The molecule has 5 nitrogen and oxygen atoms in total. The van der Waals surface area contributed by atoms with Gasteiger partial charge in [-0.15, -0.1) is 0 Å². The standard InChI is InChI=1S/C24H27FN2O3/c1-26(2)22(28)15-17-16-24(30-21-10-6-4-7-18(17)21)11-13-27(14-12-24)23(29)19-8-3-5-9-20(19)25/h3-10,17H,11-16H2,1-2H3/t17-/m0/s1. The normalized spacial score (nSPS) is 19.7. The first-order chi connectivity index (χ1) is 14.4. The van der Waals surface area contributed by atoms with E-state index in [0.717, 1.165) is 17.7 Å². The van der Waals surface area contributed by atoms with Crippen LogP contribution in [0.1, 0.15) is 47.5 Å². The average molecular weight is 410 g/mol. The van der Waals surface area contributed by atoms with Crippen molar-refractivity contribution in [2.24, 2.45) is 0 Å². The number of hydrogen-bond donors (Lipinski definition) is 0. The van der Waals surface area contributed by atoms with E-state index in [0.29, 0.717) is 32.4 Å². The van der Waals surface area contributed by atoms with E-state index in [1.165, 1.54) is 12.1 Å². The van der Waals surface area contributed by atoms with Gasteiger partial charge in [0, 0.05) is 52.4 Å². The van der Waals surface area contributed by atoms with Crippen LogP contribution in [0.3, 0.4) is 0 Å². The average Bonchev–Trinajstić information content (AvgIpc) is 2.74. The van der Waals surface area contributed by atoms with Crippen molar-refractivity contribution in [3.05, 3.63) is 65.5 Å². The summed E-state index contributed by atoms with van der Waals surface area (Å²) >= 11 is 0. The molecular weight excluding hydrogens is 383 g/mol. The molecule has 0 unspecified atom stereocenters. The number of amides is 2. The Morgan fingerprint density at radius 1 is 1.10 bits per heavy atom. The van der Waals surface area contributed by atoms with Crippen LogP contribution in [0.25, 0.3) is 0 Å². The molecule has 30 heavy (non-hydrogen) atoms. The maximum Gasteiger partial charge on any atom is 0.256 e. The van der Waals surface area contributed by atoms with Gasteiger partial charge in [-0.2, -0.15) is 0 Å². The molecule has 2 amide bonds. The molecule has 2 heterocycles. The number of halogens is 1. The molecule has 0 saturated carbocycles. The van der Waals surface area contributed by atoms with E-state index in [4.69, 9.17) is 4.74 Å². The molecule has 2 aromatic carbocycles. The maximum absolute atomic E-state index is 14.0. The zero-order chi connectivity index (χ0) is 21.3. The van der Waals surface area contributed by atoms with Gasteiger partial charge in [-0.3, -0.25) is 9.59 Å². The number of likely N-dealkylation sites (tertiary alicyclic amines) is 1. The first-order valence-corrected chi connectivity index (χ1v) is 10.4. The van der Waals surface area contributed by atoms with Crippen LogP contribution in [-0.4, -0.2) is 54.4 Å². The van der Waals surface area contributed by atoms with Gasteiger partial charge in [0.15, 0.2) is 0 Å². The number of carbonyl (C=O) groups excluding carboxylic acids is 2. The highest BCUT2D eigenvalue weighted by atomic mass is 19.1. The predicted molar refractivity (Wildman–Crippen MR) is 112 cm³/mol. The molecule has 2 aliphatic rings. The molecule has 0 bridgehead atoms. The van der Waals surface area contributed by atoms with Gasteiger partial charge in [-0.25, -0.2) is 4.39 Å². The molecule has 0 N–H and O–H groups in total. The number of fused-ring (bicyclic) bond motifs is 1. The number of para-hydroxylation sites is 1. The Kier molecular flexibility index (Phi) is 5.50. The summed E-state index contributed by atoms with van der Waals surface area (Å²) in [7, 11) is 3.55. The third-order valence-corrected chi connectivity index (χ3v) is 6.29. The molecule has 1 atom stereocenters. The first-order valence-electron chi connectivity index (χ1n) is 10.4. The van der Waals surface area contributed by atoms with Gasteiger partial charge in [0.05, 0.1) is 5.56 Å². The molecule has 0 radical (unpaired) electrons. The minimum absolute atomic E-state index is 0.0821. The zero-order valence-electron chi connectivity index (χ0n) is 17.4. The largest absolute Gasteiger partial charge is 0.487 e. The van der Waals surface area contributed by atoms with E-state index in [-0.39, 0.29) is 23.3 Å². The van der Waals surface area contributed by atoms with Crippen LogP contribution >= 0.6 is 0 Å². The highest BCUT2D eigenvalue weighted by molar-refractivity contribution is 5.94. The second kappa shape index (κ2) is 8.09. The quantitative estimate of drug-likeness (QED) is 0.772. The van der Waals surface area contributed by atoms with Crippen molar-refractivity contribution in [1.82, 2.24) is 9.80 Å². The summed E-state index contributed by atoms with van der Waals surface area (Å²) < 4.78 is 20.5. The van der Waals surface area contributed by atoms with E-state index in [1.54, 1.807) is 36.0 Å². The predicted octanol–water partition coefficient (Wildman–Crippen LogP) is 3.85. The highest BCUT2D eigenvalue weighted by Gasteiger charge is 2.44. The fourth-order valence-electron chi connectivity index (χ4n) is 4.55. The van der Waals surface area contributed by atoms with E-state index in [2.05, 4.69) is 0 Å². The van der Waals surface area contributed by atoms with Crippen molar-refractivity contribution >= 4 is 11.8 Å². The summed E-state index contributed by atoms with van der Waals surface area (Å²) in [4.78, 5) is 28.5. The zero-order valence-corrected chi connectivity index (χ0v) is 17.4. The van der Waals surface area contributed by atoms with Gasteiger partial charge in [0.25, 0.3) is 5.91 Å². The Balaban J connectivity index is 1.51. The smallest absolute Gasteiger partial charge is 0.256 e. The number of carbonyl (C=O) groups is 2. The van der Waals surface area contributed by atoms with Gasteiger partial charge in [0.2, 0.25) is 5.91 Å². The Bertz CT molecular complexity index is 951. The summed E-state index contributed by atoms with van der Waals surface area (Å²) in [5, 5.41) is 0. The number of ether oxygens (including phenoxy) is 1. The SMILES string of the molecule is CN(C)C(=O)C[C@H]1CC2(CCN(C(=O)c3ccccc3F)CC2)Oc2ccccc21. The van der Waals surface area contributed by atoms with Crippen LogP contribution in [0, 0.1) is 5.82 Å². The van der Waals surface area contributed by atoms with Crippen molar-refractivity contribution in [2.45, 2.75) is 37.2 Å². The molecule has 0 aromatic heterocycles. The fraction of sp³-hybridized carbons (Fsp3) is 0.417. The Labute approximate surface area is 176 Å². The molecule has 2 aromatic rings. The molecule has 6 heteroatoms. The van der Waals surface area contributed by atoms with Crippen LogP contribution in [0.2, 0.25) is 0 Å². The van der Waals surface area contributed by atoms with Crippen molar-refractivity contribution < 1.29 is 18.7 Å². The second-order valence-corrected chi connectivity index (χ2v) is 8.49. The Morgan fingerprint density at radius 2 is 1.77 bits per heavy atom. The summed E-state index contributed by atoms with van der Waals surface area (Å²) in [5.74, 6) is 0.235. The van der Waals surface area contributed by atoms with E-state index < -0.39 is 11.4 Å². The molecule has 2 aliphatic heterocycles. The molecular formula is C24H27FN2O3. The maximum atomic E-state index is 14.0. The molecule has 1 spiro atoms. The lowest BCUT2D eigenvalue weighted by atomic mass is 9.76. The van der Waals surface area contributed by atoms with Crippen LogP contribution in [0.5, 0.6) is 5.75 Å². The number of nitrogens with zero attached hydrogens (tertiary/aromatic N) is 2. The van der Waals surface area contributed by atoms with Gasteiger partial charge < -0.3 is 14.5 Å². The molecule has 1 fully saturated rings. The third kappa shape index (κ3) is 3.91. The van der Waals surface area contributed by atoms with Gasteiger partial charge >= 0.3 is 0 Å². The summed E-state index contributed by atoms with van der Waals surface area (Å²) in [5.41, 5.74) is 0.776. The highest BCUT2D eigenvalue weighted by Crippen LogP contribution is 2.46. The topological polar surface area (TPSA) is 49.9 Å². The first kappa shape index (κ1) is 20.4. The van der Waals surface area contributed by atoms with Crippen molar-refractivity contribution in [3.63, 3.8) is 0 Å². The minimum atomic E-state index is -0.493. The molecule has 0 aliphatic carbocycles. The summed E-state index contributed by atoms with van der Waals surface area (Å²) in [6.45, 7) is 1.01. The Morgan fingerprint density at radius 3 is 2.47 bits per heavy atom. The number of benzene rings is 2. The number of rotatable bonds is 3. The number of piperidine rings is 1. The minimum Gasteiger partial charge on any atom is -0.487 e. The second-order valence-electron chi connectivity index (χ2n) is 8.49. The summed E-state index contributed by atoms with van der Waals surface area (Å²) in [6, 6.07) is 14.0. The van der Waals surface area contributed by atoms with Gasteiger partial charge in [-0.05, 0) is 30.2 Å². The lowest BCUT2D eigenvalue weighted by Crippen LogP contribution is -2.52. The fourth-order valence-corrected chi connectivity index (χ4v) is 4.55. The van der Waals surface area contributed by atoms with Crippen LogP contribution in [0.4, 0.5) is 4.39 Å². The van der Waals surface area contributed by atoms with E-state index >= 15 is 0 Å². The molecule has 1 saturated heterocycles. The lowest BCUT2D eigenvalue weighted by molar-refractivity contribution is -0.129. The van der Waals surface area contributed by atoms with Crippen LogP contribution in [0.15, 0.2) is 48.5 Å². The van der Waals surface area contributed by atoms with Crippen molar-refractivity contribution in [1.29, 1.82) is 0 Å². The summed E-state index contributed by atoms with van der Waals surface area (Å²) in [6.07, 6.45) is 2.50. The monoisotopic (exact) mass is 410 g/mol. The van der Waals surface area contributed by atoms with Crippen LogP contribution < -0.4 is 4.74 Å². The Hall–Kier alpha value is -2.89. The van der Waals surface area contributed by atoms with E-state index in [9.17, 15) is 14.0 Å². The van der Waals surface area contributed by atoms with Crippen molar-refractivity contribution in [2.75, 3.05) is 27.2 Å². The number of hydrogen-bond acceptors (Lipinski definition) is 3. The van der Waals surface area contributed by atoms with Gasteiger partial charge in [0.1, 0.15) is 17.2 Å². The van der Waals surface area contributed by atoms with Crippen molar-refractivity contribution in [3.8, 4) is 5.75 Å². The third-order valence-electron chi connectivity index (χ3n) is 6.29. The lowest BCUT2D eigenvalue weighted by Gasteiger charge is -2.47. The van der Waals surface area contributed by atoms with E-state index in [1.807, 2.05) is 24.3 Å². The molecule has 158 valence electrons. The van der Waals surface area contributed by atoms with Gasteiger partial charge in [-0.1, -0.05) is 30.3 Å². The molecule has 4 rings (SSSR count).